The second-order valence-corrected chi connectivity index (χ2v) is 6.19. The van der Waals surface area contributed by atoms with Crippen molar-refractivity contribution in [2.75, 3.05) is 0 Å². The van der Waals surface area contributed by atoms with Gasteiger partial charge in [0.1, 0.15) is 10.0 Å². The lowest BCUT2D eigenvalue weighted by atomic mass is 10.3. The number of nitrogens with one attached hydrogen (secondary N) is 2. The van der Waals surface area contributed by atoms with Gasteiger partial charge in [-0.15, -0.1) is 4.83 Å². The van der Waals surface area contributed by atoms with Gasteiger partial charge in [0.15, 0.2) is 0 Å². The van der Waals surface area contributed by atoms with E-state index in [0.717, 1.165) is 12.3 Å². The van der Waals surface area contributed by atoms with E-state index in [9.17, 15) is 13.2 Å². The summed E-state index contributed by atoms with van der Waals surface area (Å²) in [5.41, 5.74) is 2.25. The minimum Gasteiger partial charge on any atom is -0.273 e. The maximum Gasteiger partial charge on any atom is 0.267 e. The van der Waals surface area contributed by atoms with Crippen LogP contribution in [0, 0.1) is 0 Å². The van der Waals surface area contributed by atoms with Crippen LogP contribution in [0.4, 0.5) is 0 Å². The summed E-state index contributed by atoms with van der Waals surface area (Å²) >= 11 is 11.3. The molecule has 2 aromatic rings. The molecule has 1 amide bonds. The van der Waals surface area contributed by atoms with E-state index in [-0.39, 0.29) is 20.6 Å². The highest BCUT2D eigenvalue weighted by molar-refractivity contribution is 7.89. The Morgan fingerprint density at radius 3 is 2.62 bits per heavy atom. The van der Waals surface area contributed by atoms with Crippen molar-refractivity contribution in [2.45, 2.75) is 4.90 Å². The highest BCUT2D eigenvalue weighted by Crippen LogP contribution is 2.21. The quantitative estimate of drug-likeness (QED) is 0.643. The fourth-order valence-electron chi connectivity index (χ4n) is 1.29. The van der Waals surface area contributed by atoms with Crippen LogP contribution in [0.5, 0.6) is 0 Å². The van der Waals surface area contributed by atoms with Gasteiger partial charge in [-0.3, -0.25) is 15.2 Å². The summed E-state index contributed by atoms with van der Waals surface area (Å²) in [6.45, 7) is 0. The first-order valence-electron chi connectivity index (χ1n) is 5.43. The number of sulfonamides is 1. The summed E-state index contributed by atoms with van der Waals surface area (Å²) in [5, 5.41) is -0.0341. The van der Waals surface area contributed by atoms with Crippen molar-refractivity contribution in [1.82, 2.24) is 20.2 Å². The molecule has 0 aromatic carbocycles. The summed E-state index contributed by atoms with van der Waals surface area (Å²) in [5.74, 6) is -0.653. The molecular formula is C11H8Cl2N4O3S. The van der Waals surface area contributed by atoms with Gasteiger partial charge >= 0.3 is 0 Å². The molecule has 2 N–H and O–H groups in total. The van der Waals surface area contributed by atoms with Gasteiger partial charge in [-0.05, 0) is 18.2 Å². The zero-order chi connectivity index (χ0) is 15.5. The molecule has 0 aliphatic heterocycles. The molecule has 0 bridgehead atoms. The smallest absolute Gasteiger partial charge is 0.267 e. The van der Waals surface area contributed by atoms with Crippen molar-refractivity contribution in [3.8, 4) is 0 Å². The predicted octanol–water partition coefficient (Wildman–Crippen LogP) is 1.41. The summed E-state index contributed by atoms with van der Waals surface area (Å²) in [6, 6.07) is 4.15. The van der Waals surface area contributed by atoms with Crippen LogP contribution in [0.2, 0.25) is 10.2 Å². The van der Waals surface area contributed by atoms with Gasteiger partial charge in [0.05, 0.1) is 10.6 Å². The lowest BCUT2D eigenvalue weighted by Crippen LogP contribution is -2.41. The Morgan fingerprint density at radius 1 is 1.24 bits per heavy atom. The third-order valence-electron chi connectivity index (χ3n) is 2.30. The molecule has 0 radical (unpaired) electrons. The molecule has 0 saturated carbocycles. The van der Waals surface area contributed by atoms with Crippen LogP contribution in [0.25, 0.3) is 0 Å². The first-order valence-corrected chi connectivity index (χ1v) is 7.67. The van der Waals surface area contributed by atoms with Crippen molar-refractivity contribution < 1.29 is 13.2 Å². The van der Waals surface area contributed by atoms with Crippen molar-refractivity contribution in [1.29, 1.82) is 0 Å². The number of hydrazine groups is 1. The predicted molar refractivity (Wildman–Crippen MR) is 76.3 cm³/mol. The molecule has 0 aliphatic rings. The SMILES string of the molecule is O=C(NNS(=O)(=O)c1cnc(Cl)c(Cl)c1)c1cccnc1. The zero-order valence-electron chi connectivity index (χ0n) is 10.2. The van der Waals surface area contributed by atoms with Crippen molar-refractivity contribution in [3.05, 3.63) is 52.5 Å². The lowest BCUT2D eigenvalue weighted by Gasteiger charge is -2.08. The van der Waals surface area contributed by atoms with Crippen LogP contribution in [-0.2, 0) is 10.0 Å². The molecular weight excluding hydrogens is 339 g/mol. The van der Waals surface area contributed by atoms with Gasteiger partial charge < -0.3 is 0 Å². The third-order valence-corrected chi connectivity index (χ3v) is 4.20. The number of hydrogen-bond donors (Lipinski definition) is 2. The Morgan fingerprint density at radius 2 is 2.00 bits per heavy atom. The highest BCUT2D eigenvalue weighted by atomic mass is 35.5. The second kappa shape index (κ2) is 6.35. The largest absolute Gasteiger partial charge is 0.273 e. The molecule has 0 saturated heterocycles. The van der Waals surface area contributed by atoms with Crippen molar-refractivity contribution in [3.63, 3.8) is 0 Å². The minimum absolute atomic E-state index is 0.0156. The number of pyridine rings is 2. The summed E-state index contributed by atoms with van der Waals surface area (Å²) in [4.78, 5) is 20.8. The van der Waals surface area contributed by atoms with E-state index < -0.39 is 15.9 Å². The minimum atomic E-state index is -4.01. The number of halogens is 2. The first kappa shape index (κ1) is 15.6. The van der Waals surface area contributed by atoms with Gasteiger partial charge in [0, 0.05) is 18.6 Å². The number of amides is 1. The van der Waals surface area contributed by atoms with E-state index in [2.05, 4.69) is 15.4 Å². The van der Waals surface area contributed by atoms with Crippen LogP contribution in [0.3, 0.4) is 0 Å². The molecule has 110 valence electrons. The topological polar surface area (TPSA) is 101 Å². The Bertz CT molecular complexity index is 768. The average molecular weight is 347 g/mol. The molecule has 0 fully saturated rings. The van der Waals surface area contributed by atoms with Crippen LogP contribution in [0.15, 0.2) is 41.7 Å². The molecule has 0 atom stereocenters. The maximum absolute atomic E-state index is 11.9. The highest BCUT2D eigenvalue weighted by Gasteiger charge is 2.17. The fourth-order valence-corrected chi connectivity index (χ4v) is 2.44. The number of aromatic nitrogens is 2. The number of carbonyl (C=O) groups is 1. The van der Waals surface area contributed by atoms with Gasteiger partial charge in [0.2, 0.25) is 0 Å². The number of hydrogen-bond acceptors (Lipinski definition) is 5. The molecule has 2 rings (SSSR count). The number of nitrogens with zero attached hydrogens (tertiary/aromatic N) is 2. The van der Waals surface area contributed by atoms with E-state index in [0.29, 0.717) is 0 Å². The first-order chi connectivity index (χ1) is 9.90. The van der Waals surface area contributed by atoms with E-state index in [4.69, 9.17) is 23.2 Å². The molecule has 2 aromatic heterocycles. The Kier molecular flexibility index (Phi) is 4.73. The molecule has 21 heavy (non-hydrogen) atoms. The van der Waals surface area contributed by atoms with E-state index in [1.54, 1.807) is 6.07 Å². The van der Waals surface area contributed by atoms with Crippen LogP contribution >= 0.6 is 23.2 Å². The normalized spacial score (nSPS) is 11.1. The second-order valence-electron chi connectivity index (χ2n) is 3.74. The van der Waals surface area contributed by atoms with E-state index in [1.807, 2.05) is 4.83 Å². The summed E-state index contributed by atoms with van der Waals surface area (Å²) in [7, 11) is -4.01. The molecule has 0 aliphatic carbocycles. The zero-order valence-corrected chi connectivity index (χ0v) is 12.6. The molecule has 7 nitrogen and oxygen atoms in total. The average Bonchev–Trinajstić information content (AvgIpc) is 2.48. The number of rotatable bonds is 4. The van der Waals surface area contributed by atoms with E-state index in [1.165, 1.54) is 18.5 Å². The number of carbonyl (C=O) groups excluding carboxylic acids is 1. The van der Waals surface area contributed by atoms with Crippen molar-refractivity contribution in [2.24, 2.45) is 0 Å². The standard InChI is InChI=1S/C11H8Cl2N4O3S/c12-9-4-8(6-15-10(9)13)21(19,20)17-16-11(18)7-2-1-3-14-5-7/h1-6,17H,(H,16,18). The van der Waals surface area contributed by atoms with Crippen LogP contribution in [-0.4, -0.2) is 24.3 Å². The van der Waals surface area contributed by atoms with E-state index >= 15 is 0 Å². The van der Waals surface area contributed by atoms with Crippen molar-refractivity contribution >= 4 is 39.1 Å². The Hall–Kier alpha value is -1.74. The fraction of sp³-hybridized carbons (Fsp3) is 0. The van der Waals surface area contributed by atoms with Gasteiger partial charge in [0.25, 0.3) is 15.9 Å². The van der Waals surface area contributed by atoms with Crippen LogP contribution < -0.4 is 10.3 Å². The molecule has 10 heteroatoms. The molecule has 0 spiro atoms. The molecule has 0 unspecified atom stereocenters. The van der Waals surface area contributed by atoms with Gasteiger partial charge in [-0.2, -0.15) is 0 Å². The van der Waals surface area contributed by atoms with Crippen LogP contribution in [0.1, 0.15) is 10.4 Å². The summed E-state index contributed by atoms with van der Waals surface area (Å²) in [6.07, 6.45) is 3.81. The Balaban J connectivity index is 2.11. The summed E-state index contributed by atoms with van der Waals surface area (Å²) < 4.78 is 23.9. The maximum atomic E-state index is 11.9. The van der Waals surface area contributed by atoms with Gasteiger partial charge in [-0.25, -0.2) is 13.4 Å². The Labute approximate surface area is 130 Å². The molecule has 2 heterocycles. The lowest BCUT2D eigenvalue weighted by molar-refractivity contribution is 0.0944. The monoisotopic (exact) mass is 346 g/mol. The van der Waals surface area contributed by atoms with Gasteiger partial charge in [-0.1, -0.05) is 23.2 Å². The third kappa shape index (κ3) is 3.88.